The third-order valence-corrected chi connectivity index (χ3v) is 6.41. The van der Waals surface area contributed by atoms with Crippen LogP contribution in [0.2, 0.25) is 0 Å². The highest BCUT2D eigenvalue weighted by molar-refractivity contribution is 7.89. The first-order valence-corrected chi connectivity index (χ1v) is 10.2. The van der Waals surface area contributed by atoms with Gasteiger partial charge in [-0.25, -0.2) is 27.7 Å². The van der Waals surface area contributed by atoms with Gasteiger partial charge in [0, 0.05) is 49.2 Å². The molecule has 0 fully saturated rings. The summed E-state index contributed by atoms with van der Waals surface area (Å²) in [6.45, 7) is 0. The van der Waals surface area contributed by atoms with Gasteiger partial charge >= 0.3 is 0 Å². The Labute approximate surface area is 168 Å². The summed E-state index contributed by atoms with van der Waals surface area (Å²) in [4.78, 5) is 16.9. The third-order valence-electron chi connectivity index (χ3n) is 4.56. The summed E-state index contributed by atoms with van der Waals surface area (Å²) in [6.07, 6.45) is 6.48. The van der Waals surface area contributed by atoms with Crippen LogP contribution in [-0.2, 0) is 10.0 Å². The van der Waals surface area contributed by atoms with E-state index in [1.165, 1.54) is 26.5 Å². The number of nitrogens with zero attached hydrogens (tertiary/aromatic N) is 5. The van der Waals surface area contributed by atoms with Crippen molar-refractivity contribution in [2.75, 3.05) is 19.8 Å². The van der Waals surface area contributed by atoms with Crippen LogP contribution in [0.15, 0.2) is 66.2 Å². The maximum Gasteiger partial charge on any atom is 0.246 e. The summed E-state index contributed by atoms with van der Waals surface area (Å²) in [5, 5.41) is 0.838. The Morgan fingerprint density at radius 3 is 2.38 bits per heavy atom. The standard InChI is InChI=1S/C20H18N6O2S/c1-26(2)29(27,28)18-10-15(11-23-20(18)21)14-3-4-17-16(9-14)19(25-12-24-17)13-5-7-22-8-6-13/h3-12H,1-2H3,(H2,21,23). The molecule has 3 aromatic heterocycles. The molecule has 0 bridgehead atoms. The number of hydrogen-bond acceptors (Lipinski definition) is 7. The number of pyridine rings is 2. The van der Waals surface area contributed by atoms with Crippen molar-refractivity contribution >= 4 is 26.7 Å². The molecule has 1 aromatic carbocycles. The zero-order chi connectivity index (χ0) is 20.6. The molecule has 0 radical (unpaired) electrons. The fourth-order valence-corrected chi connectivity index (χ4v) is 3.98. The number of nitrogens with two attached hydrogens (primary N) is 1. The molecule has 0 saturated carbocycles. The topological polar surface area (TPSA) is 115 Å². The van der Waals surface area contributed by atoms with Gasteiger partial charge in [0.15, 0.2) is 0 Å². The van der Waals surface area contributed by atoms with Crippen LogP contribution in [0, 0.1) is 0 Å². The normalized spacial score (nSPS) is 11.8. The summed E-state index contributed by atoms with van der Waals surface area (Å²) >= 11 is 0. The van der Waals surface area contributed by atoms with Crippen LogP contribution in [0.5, 0.6) is 0 Å². The third kappa shape index (κ3) is 3.41. The summed E-state index contributed by atoms with van der Waals surface area (Å²) < 4.78 is 26.2. The summed E-state index contributed by atoms with van der Waals surface area (Å²) in [5.74, 6) is -0.0379. The Morgan fingerprint density at radius 1 is 0.897 bits per heavy atom. The number of fused-ring (bicyclic) bond motifs is 1. The fraction of sp³-hybridized carbons (Fsp3) is 0.100. The average Bonchev–Trinajstić information content (AvgIpc) is 2.73. The molecule has 0 atom stereocenters. The molecule has 0 saturated heterocycles. The SMILES string of the molecule is CN(C)S(=O)(=O)c1cc(-c2ccc3ncnc(-c4ccncc4)c3c2)cnc1N. The highest BCUT2D eigenvalue weighted by Gasteiger charge is 2.22. The lowest BCUT2D eigenvalue weighted by molar-refractivity contribution is 0.521. The molecule has 146 valence electrons. The van der Waals surface area contributed by atoms with Gasteiger partial charge in [-0.3, -0.25) is 4.98 Å². The lowest BCUT2D eigenvalue weighted by atomic mass is 10.0. The molecular weight excluding hydrogens is 388 g/mol. The van der Waals surface area contributed by atoms with E-state index < -0.39 is 10.0 Å². The van der Waals surface area contributed by atoms with Crippen molar-refractivity contribution in [2.24, 2.45) is 0 Å². The first kappa shape index (κ1) is 18.9. The number of aromatic nitrogens is 4. The minimum atomic E-state index is -3.72. The molecule has 2 N–H and O–H groups in total. The molecule has 8 nitrogen and oxygen atoms in total. The first-order chi connectivity index (χ1) is 13.9. The number of rotatable bonds is 4. The summed E-state index contributed by atoms with van der Waals surface area (Å²) in [5.41, 5.74) is 9.71. The van der Waals surface area contributed by atoms with Crippen LogP contribution < -0.4 is 5.73 Å². The number of benzene rings is 1. The average molecular weight is 406 g/mol. The van der Waals surface area contributed by atoms with Crippen molar-refractivity contribution in [2.45, 2.75) is 4.90 Å². The van der Waals surface area contributed by atoms with E-state index in [1.807, 2.05) is 30.3 Å². The predicted octanol–water partition coefficient (Wildman–Crippen LogP) is 2.59. The molecule has 9 heteroatoms. The van der Waals surface area contributed by atoms with Gasteiger partial charge in [0.2, 0.25) is 10.0 Å². The van der Waals surface area contributed by atoms with Crippen molar-refractivity contribution in [3.8, 4) is 22.4 Å². The highest BCUT2D eigenvalue weighted by atomic mass is 32.2. The van der Waals surface area contributed by atoms with Gasteiger partial charge in [-0.05, 0) is 35.9 Å². The van der Waals surface area contributed by atoms with E-state index in [2.05, 4.69) is 19.9 Å². The van der Waals surface area contributed by atoms with Gasteiger partial charge in [-0.15, -0.1) is 0 Å². The van der Waals surface area contributed by atoms with E-state index in [1.54, 1.807) is 18.6 Å². The number of hydrogen-bond donors (Lipinski definition) is 1. The molecule has 3 heterocycles. The van der Waals surface area contributed by atoms with Gasteiger partial charge < -0.3 is 5.73 Å². The molecule has 0 aliphatic heterocycles. The van der Waals surface area contributed by atoms with Gasteiger partial charge in [-0.1, -0.05) is 6.07 Å². The maximum atomic E-state index is 12.6. The van der Waals surface area contributed by atoms with Gasteiger partial charge in [0.25, 0.3) is 0 Å². The van der Waals surface area contributed by atoms with Crippen LogP contribution in [0.4, 0.5) is 5.82 Å². The molecule has 4 aromatic rings. The molecule has 0 aliphatic rings. The quantitative estimate of drug-likeness (QED) is 0.554. The van der Waals surface area contributed by atoms with Gasteiger partial charge in [0.1, 0.15) is 17.0 Å². The molecule has 0 unspecified atom stereocenters. The van der Waals surface area contributed by atoms with E-state index in [0.717, 1.165) is 32.0 Å². The molecule has 0 spiro atoms. The Bertz CT molecular complexity index is 1310. The van der Waals surface area contributed by atoms with Crippen molar-refractivity contribution in [1.29, 1.82) is 0 Å². The maximum absolute atomic E-state index is 12.6. The van der Waals surface area contributed by atoms with Gasteiger partial charge in [-0.2, -0.15) is 0 Å². The van der Waals surface area contributed by atoms with Crippen LogP contribution in [0.3, 0.4) is 0 Å². The highest BCUT2D eigenvalue weighted by Crippen LogP contribution is 2.31. The van der Waals surface area contributed by atoms with Crippen LogP contribution in [0.25, 0.3) is 33.3 Å². The minimum Gasteiger partial charge on any atom is -0.383 e. The minimum absolute atomic E-state index is 0.0289. The Hall–Kier alpha value is -3.43. The zero-order valence-corrected chi connectivity index (χ0v) is 16.6. The smallest absolute Gasteiger partial charge is 0.246 e. The van der Waals surface area contributed by atoms with E-state index in [4.69, 9.17) is 5.73 Å². The van der Waals surface area contributed by atoms with Crippen molar-refractivity contribution in [3.05, 3.63) is 61.3 Å². The van der Waals surface area contributed by atoms with E-state index in [0.29, 0.717) is 5.56 Å². The fourth-order valence-electron chi connectivity index (χ4n) is 2.99. The molecule has 0 amide bonds. The molecule has 29 heavy (non-hydrogen) atoms. The van der Waals surface area contributed by atoms with Crippen molar-refractivity contribution in [3.63, 3.8) is 0 Å². The summed E-state index contributed by atoms with van der Waals surface area (Å²) in [6, 6.07) is 10.9. The van der Waals surface area contributed by atoms with E-state index in [9.17, 15) is 8.42 Å². The monoisotopic (exact) mass is 406 g/mol. The van der Waals surface area contributed by atoms with E-state index >= 15 is 0 Å². The molecule has 4 rings (SSSR count). The van der Waals surface area contributed by atoms with Crippen molar-refractivity contribution in [1.82, 2.24) is 24.2 Å². The Morgan fingerprint density at radius 2 is 1.66 bits per heavy atom. The van der Waals surface area contributed by atoms with Crippen LogP contribution >= 0.6 is 0 Å². The number of nitrogen functional groups attached to an aromatic ring is 1. The second-order valence-electron chi connectivity index (χ2n) is 6.58. The van der Waals surface area contributed by atoms with E-state index in [-0.39, 0.29) is 10.7 Å². The van der Waals surface area contributed by atoms with Gasteiger partial charge in [0.05, 0.1) is 11.2 Å². The molecule has 0 aliphatic carbocycles. The lowest BCUT2D eigenvalue weighted by Gasteiger charge is -2.14. The summed E-state index contributed by atoms with van der Waals surface area (Å²) in [7, 11) is -0.809. The van der Waals surface area contributed by atoms with Crippen LogP contribution in [0.1, 0.15) is 0 Å². The zero-order valence-electron chi connectivity index (χ0n) is 15.8. The molecular formula is C20H18N6O2S. The number of anilines is 1. The number of sulfonamides is 1. The largest absolute Gasteiger partial charge is 0.383 e. The Balaban J connectivity index is 1.90. The second-order valence-corrected chi connectivity index (χ2v) is 8.71. The lowest BCUT2D eigenvalue weighted by Crippen LogP contribution is -2.23. The Kier molecular flexibility index (Phi) is 4.69. The first-order valence-electron chi connectivity index (χ1n) is 8.71. The second kappa shape index (κ2) is 7.19. The van der Waals surface area contributed by atoms with Crippen LogP contribution in [-0.4, -0.2) is 46.8 Å². The van der Waals surface area contributed by atoms with Crippen molar-refractivity contribution < 1.29 is 8.42 Å². The predicted molar refractivity (Wildman–Crippen MR) is 111 cm³/mol.